The second kappa shape index (κ2) is 7.99. The van der Waals surface area contributed by atoms with Crippen molar-refractivity contribution in [3.05, 3.63) is 40.5 Å². The topological polar surface area (TPSA) is 50.4 Å². The van der Waals surface area contributed by atoms with Gasteiger partial charge in [0.2, 0.25) is 5.91 Å². The number of aryl methyl sites for hydroxylation is 2. The number of hydrogen-bond acceptors (Lipinski definition) is 3. The Hall–Kier alpha value is -1.81. The molecule has 1 aromatic carbocycles. The summed E-state index contributed by atoms with van der Waals surface area (Å²) in [5.74, 6) is 0.924. The lowest BCUT2D eigenvalue weighted by atomic mass is 10.1. The standard InChI is InChI=1S/C18H26N2O2/c1-13-10-14(2)15(3)17(11-13)22-9-6-18(21)20-12-16-4-7-19-8-5-16/h4,10-11,19H,5-9,12H2,1-3H3,(H,20,21). The summed E-state index contributed by atoms with van der Waals surface area (Å²) >= 11 is 0. The van der Waals surface area contributed by atoms with Gasteiger partial charge in [0.05, 0.1) is 13.0 Å². The molecule has 0 atom stereocenters. The first-order valence-corrected chi connectivity index (χ1v) is 7.92. The van der Waals surface area contributed by atoms with Crippen LogP contribution in [0, 0.1) is 20.8 Å². The van der Waals surface area contributed by atoms with Gasteiger partial charge in [-0.15, -0.1) is 0 Å². The lowest BCUT2D eigenvalue weighted by molar-refractivity contribution is -0.121. The zero-order valence-corrected chi connectivity index (χ0v) is 13.8. The molecule has 1 heterocycles. The number of rotatable bonds is 6. The van der Waals surface area contributed by atoms with Crippen molar-refractivity contribution in [3.63, 3.8) is 0 Å². The highest BCUT2D eigenvalue weighted by Gasteiger charge is 2.08. The monoisotopic (exact) mass is 302 g/mol. The Labute approximate surface area is 132 Å². The lowest BCUT2D eigenvalue weighted by Crippen LogP contribution is -2.30. The van der Waals surface area contributed by atoms with E-state index >= 15 is 0 Å². The average molecular weight is 302 g/mol. The minimum absolute atomic E-state index is 0.0430. The molecule has 4 nitrogen and oxygen atoms in total. The van der Waals surface area contributed by atoms with Crippen molar-refractivity contribution in [1.82, 2.24) is 10.6 Å². The van der Waals surface area contributed by atoms with Crippen LogP contribution in [0.2, 0.25) is 0 Å². The van der Waals surface area contributed by atoms with Crippen molar-refractivity contribution in [2.45, 2.75) is 33.6 Å². The van der Waals surface area contributed by atoms with Crippen LogP contribution in [0.3, 0.4) is 0 Å². The molecule has 0 spiro atoms. The number of ether oxygens (including phenoxy) is 1. The first-order chi connectivity index (χ1) is 10.6. The van der Waals surface area contributed by atoms with E-state index in [1.807, 2.05) is 13.0 Å². The number of carbonyl (C=O) groups excluding carboxylic acids is 1. The maximum atomic E-state index is 11.9. The summed E-state index contributed by atoms with van der Waals surface area (Å²) in [4.78, 5) is 11.9. The molecule has 1 aromatic rings. The maximum absolute atomic E-state index is 11.9. The van der Waals surface area contributed by atoms with Crippen LogP contribution in [0.15, 0.2) is 23.8 Å². The SMILES string of the molecule is Cc1cc(C)c(C)c(OCCC(=O)NCC2=CCNCC2)c1. The van der Waals surface area contributed by atoms with Crippen molar-refractivity contribution >= 4 is 5.91 Å². The lowest BCUT2D eigenvalue weighted by Gasteiger charge is -2.15. The zero-order chi connectivity index (χ0) is 15.9. The summed E-state index contributed by atoms with van der Waals surface area (Å²) in [6.07, 6.45) is 3.55. The van der Waals surface area contributed by atoms with Gasteiger partial charge in [0.1, 0.15) is 5.75 Å². The van der Waals surface area contributed by atoms with E-state index in [-0.39, 0.29) is 5.91 Å². The Balaban J connectivity index is 1.74. The van der Waals surface area contributed by atoms with Gasteiger partial charge in [-0.25, -0.2) is 0 Å². The molecular formula is C18H26N2O2. The minimum Gasteiger partial charge on any atom is -0.493 e. The fraction of sp³-hybridized carbons (Fsp3) is 0.500. The van der Waals surface area contributed by atoms with Gasteiger partial charge in [0.15, 0.2) is 0 Å². The molecule has 0 aromatic heterocycles. The Morgan fingerprint density at radius 3 is 2.86 bits per heavy atom. The molecule has 1 amide bonds. The maximum Gasteiger partial charge on any atom is 0.223 e. The molecule has 0 unspecified atom stereocenters. The molecule has 120 valence electrons. The molecule has 0 saturated heterocycles. The van der Waals surface area contributed by atoms with Gasteiger partial charge in [-0.2, -0.15) is 0 Å². The Kier molecular flexibility index (Phi) is 6.01. The van der Waals surface area contributed by atoms with Crippen LogP contribution in [-0.2, 0) is 4.79 Å². The smallest absolute Gasteiger partial charge is 0.223 e. The van der Waals surface area contributed by atoms with Crippen molar-refractivity contribution < 1.29 is 9.53 Å². The summed E-state index contributed by atoms with van der Waals surface area (Å²) in [5, 5.41) is 6.22. The largest absolute Gasteiger partial charge is 0.493 e. The van der Waals surface area contributed by atoms with Gasteiger partial charge >= 0.3 is 0 Å². The molecule has 2 N–H and O–H groups in total. The third-order valence-electron chi connectivity index (χ3n) is 4.02. The number of amides is 1. The molecular weight excluding hydrogens is 276 g/mol. The van der Waals surface area contributed by atoms with Crippen molar-refractivity contribution in [2.24, 2.45) is 0 Å². The van der Waals surface area contributed by atoms with Crippen LogP contribution < -0.4 is 15.4 Å². The average Bonchev–Trinajstić information content (AvgIpc) is 2.51. The second-order valence-electron chi connectivity index (χ2n) is 5.90. The van der Waals surface area contributed by atoms with Crippen molar-refractivity contribution in [3.8, 4) is 5.75 Å². The van der Waals surface area contributed by atoms with E-state index in [0.29, 0.717) is 19.6 Å². The first kappa shape index (κ1) is 16.6. The van der Waals surface area contributed by atoms with Crippen LogP contribution in [-0.4, -0.2) is 32.1 Å². The molecule has 0 saturated carbocycles. The Morgan fingerprint density at radius 2 is 2.14 bits per heavy atom. The summed E-state index contributed by atoms with van der Waals surface area (Å²) in [7, 11) is 0. The molecule has 0 radical (unpaired) electrons. The molecule has 4 heteroatoms. The third kappa shape index (κ3) is 4.88. The highest BCUT2D eigenvalue weighted by Crippen LogP contribution is 2.23. The fourth-order valence-corrected chi connectivity index (χ4v) is 2.54. The predicted molar refractivity (Wildman–Crippen MR) is 89.3 cm³/mol. The van der Waals surface area contributed by atoms with Gasteiger partial charge in [-0.05, 0) is 56.5 Å². The van der Waals surface area contributed by atoms with Gasteiger partial charge < -0.3 is 15.4 Å². The van der Waals surface area contributed by atoms with E-state index in [1.54, 1.807) is 0 Å². The minimum atomic E-state index is 0.0430. The van der Waals surface area contributed by atoms with Gasteiger partial charge in [-0.1, -0.05) is 17.7 Å². The Bertz CT molecular complexity index is 564. The normalized spacial score (nSPS) is 14.4. The molecule has 0 aliphatic carbocycles. The predicted octanol–water partition coefficient (Wildman–Crippen LogP) is 2.42. The molecule has 22 heavy (non-hydrogen) atoms. The summed E-state index contributed by atoms with van der Waals surface area (Å²) in [5.41, 5.74) is 4.85. The van der Waals surface area contributed by atoms with Crippen molar-refractivity contribution in [1.29, 1.82) is 0 Å². The highest BCUT2D eigenvalue weighted by atomic mass is 16.5. The number of benzene rings is 1. The van der Waals surface area contributed by atoms with E-state index in [0.717, 1.165) is 30.8 Å². The van der Waals surface area contributed by atoms with E-state index < -0.39 is 0 Å². The number of nitrogens with one attached hydrogen (secondary N) is 2. The number of hydrogen-bond donors (Lipinski definition) is 2. The molecule has 0 bridgehead atoms. The third-order valence-corrected chi connectivity index (χ3v) is 4.02. The molecule has 2 rings (SSSR count). The van der Waals surface area contributed by atoms with Crippen LogP contribution in [0.5, 0.6) is 5.75 Å². The van der Waals surface area contributed by atoms with Crippen molar-refractivity contribution in [2.75, 3.05) is 26.2 Å². The van der Waals surface area contributed by atoms with Gasteiger partial charge in [0, 0.05) is 13.1 Å². The van der Waals surface area contributed by atoms with Crippen LogP contribution in [0.4, 0.5) is 0 Å². The quantitative estimate of drug-likeness (QED) is 0.794. The van der Waals surface area contributed by atoms with E-state index in [1.165, 1.54) is 16.7 Å². The summed E-state index contributed by atoms with van der Waals surface area (Å²) in [6.45, 7) is 9.15. The molecule has 1 aliphatic heterocycles. The van der Waals surface area contributed by atoms with Crippen LogP contribution >= 0.6 is 0 Å². The summed E-state index contributed by atoms with van der Waals surface area (Å²) in [6, 6.07) is 4.17. The molecule has 1 aliphatic rings. The Morgan fingerprint density at radius 1 is 1.32 bits per heavy atom. The zero-order valence-electron chi connectivity index (χ0n) is 13.8. The first-order valence-electron chi connectivity index (χ1n) is 7.92. The van der Waals surface area contributed by atoms with E-state index in [9.17, 15) is 4.79 Å². The van der Waals surface area contributed by atoms with Gasteiger partial charge in [-0.3, -0.25) is 4.79 Å². The van der Waals surface area contributed by atoms with E-state index in [2.05, 4.69) is 36.6 Å². The highest BCUT2D eigenvalue weighted by molar-refractivity contribution is 5.76. The number of carbonyl (C=O) groups is 1. The van der Waals surface area contributed by atoms with Crippen LogP contribution in [0.25, 0.3) is 0 Å². The second-order valence-corrected chi connectivity index (χ2v) is 5.90. The molecule has 0 fully saturated rings. The fourth-order valence-electron chi connectivity index (χ4n) is 2.54. The van der Waals surface area contributed by atoms with Gasteiger partial charge in [0.25, 0.3) is 0 Å². The van der Waals surface area contributed by atoms with Crippen LogP contribution in [0.1, 0.15) is 29.5 Å². The van der Waals surface area contributed by atoms with E-state index in [4.69, 9.17) is 4.74 Å². The summed E-state index contributed by atoms with van der Waals surface area (Å²) < 4.78 is 5.78.